The van der Waals surface area contributed by atoms with E-state index in [9.17, 15) is 0 Å². The summed E-state index contributed by atoms with van der Waals surface area (Å²) in [4.78, 5) is 0. The van der Waals surface area contributed by atoms with Crippen LogP contribution in [0.15, 0.2) is 36.5 Å². The zero-order valence-electron chi connectivity index (χ0n) is 10.6. The Hall–Kier alpha value is -2.01. The molecule has 2 N–H and O–H groups in total. The number of nitrogens with one attached hydrogen (secondary N) is 2. The number of hydrogen-bond acceptors (Lipinski definition) is 4. The molecule has 0 amide bonds. The second-order valence-corrected chi connectivity index (χ2v) is 4.51. The summed E-state index contributed by atoms with van der Waals surface area (Å²) in [5, 5.41) is 10.0. The van der Waals surface area contributed by atoms with Crippen molar-refractivity contribution in [3.8, 4) is 5.75 Å². The van der Waals surface area contributed by atoms with Crippen LogP contribution in [-0.4, -0.2) is 23.1 Å². The molecule has 1 aromatic carbocycles. The van der Waals surface area contributed by atoms with Gasteiger partial charge in [0.1, 0.15) is 11.6 Å². The molecule has 1 saturated heterocycles. The van der Waals surface area contributed by atoms with Crippen LogP contribution in [-0.2, 0) is 4.74 Å². The highest BCUT2D eigenvalue weighted by atomic mass is 16.7. The zero-order chi connectivity index (χ0) is 12.9. The summed E-state index contributed by atoms with van der Waals surface area (Å²) >= 11 is 0. The van der Waals surface area contributed by atoms with E-state index >= 15 is 0 Å². The van der Waals surface area contributed by atoms with Crippen molar-refractivity contribution in [2.75, 3.05) is 11.9 Å². The van der Waals surface area contributed by atoms with Crippen LogP contribution in [0.1, 0.15) is 19.3 Å². The van der Waals surface area contributed by atoms with Gasteiger partial charge in [-0.15, -0.1) is 0 Å². The minimum atomic E-state index is -0.140. The van der Waals surface area contributed by atoms with E-state index in [-0.39, 0.29) is 6.29 Å². The summed E-state index contributed by atoms with van der Waals surface area (Å²) in [6.45, 7) is 0.779. The molecule has 3 rings (SSSR count). The molecule has 0 bridgehead atoms. The molecule has 0 aliphatic carbocycles. The largest absolute Gasteiger partial charge is 0.463 e. The Labute approximate surface area is 111 Å². The van der Waals surface area contributed by atoms with E-state index in [1.54, 1.807) is 6.20 Å². The molecule has 1 aromatic heterocycles. The lowest BCUT2D eigenvalue weighted by atomic mass is 10.2. The third-order valence-corrected chi connectivity index (χ3v) is 3.05. The maximum atomic E-state index is 5.92. The van der Waals surface area contributed by atoms with Gasteiger partial charge in [0.05, 0.1) is 18.5 Å². The van der Waals surface area contributed by atoms with Gasteiger partial charge in [0.15, 0.2) is 6.29 Å². The van der Waals surface area contributed by atoms with Crippen molar-refractivity contribution in [3.05, 3.63) is 36.5 Å². The molecule has 0 saturated carbocycles. The minimum Gasteiger partial charge on any atom is -0.463 e. The number of anilines is 2. The van der Waals surface area contributed by atoms with Crippen LogP contribution in [0.2, 0.25) is 0 Å². The average Bonchev–Trinajstić information content (AvgIpc) is 2.95. The summed E-state index contributed by atoms with van der Waals surface area (Å²) < 4.78 is 11.5. The lowest BCUT2D eigenvalue weighted by Crippen LogP contribution is -2.25. The van der Waals surface area contributed by atoms with Crippen LogP contribution in [0.25, 0.3) is 0 Å². The van der Waals surface area contributed by atoms with Crippen molar-refractivity contribution in [2.24, 2.45) is 0 Å². The zero-order valence-corrected chi connectivity index (χ0v) is 10.6. The molecular formula is C14H17N3O2. The highest BCUT2D eigenvalue weighted by Crippen LogP contribution is 2.29. The monoisotopic (exact) mass is 259 g/mol. The molecule has 5 nitrogen and oxygen atoms in total. The van der Waals surface area contributed by atoms with Gasteiger partial charge in [-0.25, -0.2) is 0 Å². The third kappa shape index (κ3) is 3.06. The summed E-state index contributed by atoms with van der Waals surface area (Å²) in [5.41, 5.74) is 0.904. The van der Waals surface area contributed by atoms with Crippen LogP contribution < -0.4 is 10.1 Å². The van der Waals surface area contributed by atoms with Crippen molar-refractivity contribution in [1.82, 2.24) is 10.2 Å². The van der Waals surface area contributed by atoms with Crippen molar-refractivity contribution >= 4 is 11.5 Å². The number of H-pyrrole nitrogens is 1. The van der Waals surface area contributed by atoms with Crippen molar-refractivity contribution in [3.63, 3.8) is 0 Å². The molecule has 2 heterocycles. The van der Waals surface area contributed by atoms with E-state index in [1.807, 2.05) is 30.3 Å². The van der Waals surface area contributed by atoms with Crippen LogP contribution >= 0.6 is 0 Å². The Kier molecular flexibility index (Phi) is 3.65. The van der Waals surface area contributed by atoms with Gasteiger partial charge >= 0.3 is 0 Å². The molecule has 0 radical (unpaired) electrons. The number of aromatic nitrogens is 2. The predicted molar refractivity (Wildman–Crippen MR) is 72.5 cm³/mol. The van der Waals surface area contributed by atoms with Crippen molar-refractivity contribution in [1.29, 1.82) is 0 Å². The summed E-state index contributed by atoms with van der Waals surface area (Å²) in [5.74, 6) is 1.63. The highest BCUT2D eigenvalue weighted by molar-refractivity contribution is 5.63. The van der Waals surface area contributed by atoms with Crippen LogP contribution in [0, 0.1) is 0 Å². The fourth-order valence-electron chi connectivity index (χ4n) is 2.09. The second-order valence-electron chi connectivity index (χ2n) is 4.51. The minimum absolute atomic E-state index is 0.140. The smallest absolute Gasteiger partial charge is 0.199 e. The van der Waals surface area contributed by atoms with Gasteiger partial charge < -0.3 is 14.8 Å². The molecule has 1 aliphatic rings. The predicted octanol–water partition coefficient (Wildman–Crippen LogP) is 3.06. The molecule has 0 spiro atoms. The molecular weight excluding hydrogens is 242 g/mol. The molecule has 1 aliphatic heterocycles. The fraction of sp³-hybridized carbons (Fsp3) is 0.357. The summed E-state index contributed by atoms with van der Waals surface area (Å²) in [7, 11) is 0. The molecule has 2 aromatic rings. The number of para-hydroxylation sites is 2. The first-order chi connectivity index (χ1) is 9.42. The van der Waals surface area contributed by atoms with Crippen molar-refractivity contribution < 1.29 is 9.47 Å². The van der Waals surface area contributed by atoms with Crippen LogP contribution in [0.5, 0.6) is 5.75 Å². The number of ether oxygens (including phenoxy) is 2. The normalized spacial score (nSPS) is 19.1. The molecule has 1 unspecified atom stereocenters. The van der Waals surface area contributed by atoms with Gasteiger partial charge in [-0.2, -0.15) is 5.10 Å². The lowest BCUT2D eigenvalue weighted by molar-refractivity contribution is -0.105. The quantitative estimate of drug-likeness (QED) is 0.886. The lowest BCUT2D eigenvalue weighted by Gasteiger charge is -2.24. The van der Waals surface area contributed by atoms with E-state index in [1.165, 1.54) is 0 Å². The second kappa shape index (κ2) is 5.75. The number of benzene rings is 1. The van der Waals surface area contributed by atoms with E-state index < -0.39 is 0 Å². The number of rotatable bonds is 4. The Morgan fingerprint density at radius 3 is 3.00 bits per heavy atom. The number of nitrogens with zero attached hydrogens (tertiary/aromatic N) is 1. The van der Waals surface area contributed by atoms with E-state index in [4.69, 9.17) is 9.47 Å². The van der Waals surface area contributed by atoms with Gasteiger partial charge in [0.25, 0.3) is 0 Å². The molecule has 5 heteroatoms. The van der Waals surface area contributed by atoms with E-state index in [0.29, 0.717) is 0 Å². The topological polar surface area (TPSA) is 59.2 Å². The molecule has 1 fully saturated rings. The fourth-order valence-corrected chi connectivity index (χ4v) is 2.09. The standard InChI is InChI=1S/C14H17N3O2/c1-2-6-12(19-14-7-3-4-10-18-14)11(5-1)16-13-8-9-15-17-13/h1-2,5-6,8-9,14H,3-4,7,10H2,(H2,15,16,17). The first-order valence-corrected chi connectivity index (χ1v) is 6.55. The van der Waals surface area contributed by atoms with Gasteiger partial charge in [-0.3, -0.25) is 5.10 Å². The molecule has 19 heavy (non-hydrogen) atoms. The van der Waals surface area contributed by atoms with Crippen LogP contribution in [0.4, 0.5) is 11.5 Å². The highest BCUT2D eigenvalue weighted by Gasteiger charge is 2.16. The summed E-state index contributed by atoms with van der Waals surface area (Å²) in [6.07, 6.45) is 4.78. The maximum absolute atomic E-state index is 5.92. The Morgan fingerprint density at radius 1 is 1.26 bits per heavy atom. The molecule has 100 valence electrons. The van der Waals surface area contributed by atoms with E-state index in [0.717, 1.165) is 43.1 Å². The van der Waals surface area contributed by atoms with Gasteiger partial charge in [-0.05, 0) is 25.0 Å². The summed E-state index contributed by atoms with van der Waals surface area (Å²) in [6, 6.07) is 9.70. The Balaban J connectivity index is 1.73. The van der Waals surface area contributed by atoms with Crippen molar-refractivity contribution in [2.45, 2.75) is 25.6 Å². The molecule has 1 atom stereocenters. The number of hydrogen-bond donors (Lipinski definition) is 2. The SMILES string of the molecule is c1ccc(OC2CCCCO2)c(Nc2ccn[nH]2)c1. The first kappa shape index (κ1) is 12.0. The van der Waals surface area contributed by atoms with Gasteiger partial charge in [0, 0.05) is 12.5 Å². The van der Waals surface area contributed by atoms with Gasteiger partial charge in [0.2, 0.25) is 0 Å². The maximum Gasteiger partial charge on any atom is 0.199 e. The third-order valence-electron chi connectivity index (χ3n) is 3.05. The van der Waals surface area contributed by atoms with E-state index in [2.05, 4.69) is 15.5 Å². The van der Waals surface area contributed by atoms with Gasteiger partial charge in [-0.1, -0.05) is 12.1 Å². The Morgan fingerprint density at radius 2 is 2.21 bits per heavy atom. The number of aromatic amines is 1. The average molecular weight is 259 g/mol. The van der Waals surface area contributed by atoms with Crippen LogP contribution in [0.3, 0.4) is 0 Å². The first-order valence-electron chi connectivity index (χ1n) is 6.55. The Bertz CT molecular complexity index is 507.